The fraction of sp³-hybridized carbons (Fsp3) is 0.348. The number of H-pyrrole nitrogens is 1. The summed E-state index contributed by atoms with van der Waals surface area (Å²) in [6.45, 7) is 3.30. The molecule has 31 heavy (non-hydrogen) atoms. The number of unbranched alkanes of at least 4 members (excludes halogenated alkanes) is 1. The van der Waals surface area contributed by atoms with Crippen molar-refractivity contribution in [3.8, 4) is 11.5 Å². The Hall–Kier alpha value is -3.13. The minimum Gasteiger partial charge on any atom is -0.493 e. The molecule has 0 aliphatic rings. The van der Waals surface area contributed by atoms with Gasteiger partial charge in [-0.25, -0.2) is 0 Å². The number of nitrogens with zero attached hydrogens (tertiary/aromatic N) is 1. The highest BCUT2D eigenvalue weighted by molar-refractivity contribution is 7.71. The molecule has 0 fully saturated rings. The van der Waals surface area contributed by atoms with Gasteiger partial charge in [0.05, 0.1) is 24.6 Å². The molecule has 0 atom stereocenters. The van der Waals surface area contributed by atoms with Gasteiger partial charge in [-0.05, 0) is 48.5 Å². The molecule has 1 aromatic heterocycles. The van der Waals surface area contributed by atoms with Gasteiger partial charge in [-0.1, -0.05) is 31.5 Å². The van der Waals surface area contributed by atoms with Crippen LogP contribution >= 0.6 is 12.2 Å². The number of fused-ring (bicyclic) bond motifs is 1. The highest BCUT2D eigenvalue weighted by Gasteiger charge is 2.10. The normalized spacial score (nSPS) is 10.8. The number of ether oxygens (including phenoxy) is 2. The van der Waals surface area contributed by atoms with E-state index in [9.17, 15) is 9.59 Å². The van der Waals surface area contributed by atoms with Gasteiger partial charge < -0.3 is 19.8 Å². The smallest absolute Gasteiger partial charge is 0.262 e. The molecule has 0 radical (unpaired) electrons. The first-order valence-corrected chi connectivity index (χ1v) is 10.7. The number of aromatic nitrogens is 2. The summed E-state index contributed by atoms with van der Waals surface area (Å²) < 4.78 is 12.9. The second kappa shape index (κ2) is 10.8. The second-order valence-corrected chi connectivity index (χ2v) is 7.53. The van der Waals surface area contributed by atoms with Crippen LogP contribution in [0.3, 0.4) is 0 Å². The monoisotopic (exact) mass is 441 g/mol. The van der Waals surface area contributed by atoms with Crippen LogP contribution in [0.4, 0.5) is 0 Å². The number of benzene rings is 2. The average Bonchev–Trinajstić information content (AvgIpc) is 2.78. The van der Waals surface area contributed by atoms with Crippen LogP contribution in [0.25, 0.3) is 10.9 Å². The summed E-state index contributed by atoms with van der Waals surface area (Å²) in [7, 11) is 1.59. The van der Waals surface area contributed by atoms with Gasteiger partial charge in [0.15, 0.2) is 16.3 Å². The molecule has 164 valence electrons. The quantitative estimate of drug-likeness (QED) is 0.368. The highest BCUT2D eigenvalue weighted by Crippen LogP contribution is 2.28. The van der Waals surface area contributed by atoms with Crippen LogP contribution in [0.1, 0.15) is 31.7 Å². The topological polar surface area (TPSA) is 85.4 Å². The van der Waals surface area contributed by atoms with E-state index in [1.165, 1.54) is 4.57 Å². The molecule has 1 amide bonds. The van der Waals surface area contributed by atoms with Crippen molar-refractivity contribution in [2.45, 2.75) is 39.3 Å². The zero-order valence-electron chi connectivity index (χ0n) is 17.8. The lowest BCUT2D eigenvalue weighted by molar-refractivity contribution is -0.121. The molecule has 0 aliphatic carbocycles. The number of hydrogen-bond donors (Lipinski definition) is 2. The lowest BCUT2D eigenvalue weighted by Gasteiger charge is -2.13. The van der Waals surface area contributed by atoms with Crippen molar-refractivity contribution in [3.05, 3.63) is 63.2 Å². The largest absolute Gasteiger partial charge is 0.493 e. The number of para-hydroxylation sites is 1. The molecular weight excluding hydrogens is 414 g/mol. The Labute approximate surface area is 186 Å². The molecule has 8 heteroatoms. The summed E-state index contributed by atoms with van der Waals surface area (Å²) in [5, 5.41) is 3.42. The Morgan fingerprint density at radius 3 is 2.77 bits per heavy atom. The van der Waals surface area contributed by atoms with E-state index in [0.29, 0.717) is 40.3 Å². The van der Waals surface area contributed by atoms with Gasteiger partial charge in [0.2, 0.25) is 5.91 Å². The van der Waals surface area contributed by atoms with Crippen molar-refractivity contribution < 1.29 is 14.3 Å². The summed E-state index contributed by atoms with van der Waals surface area (Å²) >= 11 is 5.29. The van der Waals surface area contributed by atoms with Crippen molar-refractivity contribution in [1.82, 2.24) is 14.9 Å². The minimum atomic E-state index is -0.199. The van der Waals surface area contributed by atoms with E-state index in [1.807, 2.05) is 24.3 Å². The number of nitrogens with one attached hydrogen (secondary N) is 2. The van der Waals surface area contributed by atoms with Crippen molar-refractivity contribution >= 4 is 29.0 Å². The first-order chi connectivity index (χ1) is 15.0. The van der Waals surface area contributed by atoms with E-state index < -0.39 is 0 Å². The number of methoxy groups -OCH3 is 1. The number of carbonyl (C=O) groups excluding carboxylic acids is 1. The lowest BCUT2D eigenvalue weighted by atomic mass is 10.2. The first kappa shape index (κ1) is 22.6. The summed E-state index contributed by atoms with van der Waals surface area (Å²) in [6.07, 6.45) is 2.18. The Morgan fingerprint density at radius 2 is 2.00 bits per heavy atom. The van der Waals surface area contributed by atoms with Crippen LogP contribution in [0, 0.1) is 4.77 Å². The van der Waals surface area contributed by atoms with Crippen molar-refractivity contribution in [1.29, 1.82) is 0 Å². The standard InChI is InChI=1S/C23H27N3O4S/c1-3-4-13-30-19-10-9-16(14-20(19)29-2)15-24-21(27)11-12-26-22(28)17-7-5-6-8-18(17)25-23(26)31/h5-10,14H,3-4,11-13,15H2,1-2H3,(H,24,27)(H,25,31). The Morgan fingerprint density at radius 1 is 1.19 bits per heavy atom. The molecule has 0 saturated heterocycles. The van der Waals surface area contributed by atoms with Crippen molar-refractivity contribution in [3.63, 3.8) is 0 Å². The number of hydrogen-bond acceptors (Lipinski definition) is 5. The van der Waals surface area contributed by atoms with Gasteiger partial charge >= 0.3 is 0 Å². The van der Waals surface area contributed by atoms with Crippen molar-refractivity contribution in [2.75, 3.05) is 13.7 Å². The Bertz CT molecular complexity index is 1170. The zero-order valence-corrected chi connectivity index (χ0v) is 18.6. The van der Waals surface area contributed by atoms with Crippen molar-refractivity contribution in [2.24, 2.45) is 0 Å². The maximum Gasteiger partial charge on any atom is 0.262 e. The fourth-order valence-electron chi connectivity index (χ4n) is 3.17. The Kier molecular flexibility index (Phi) is 7.83. The third-order valence-corrected chi connectivity index (χ3v) is 5.25. The molecule has 2 aromatic carbocycles. The molecule has 7 nitrogen and oxygen atoms in total. The SMILES string of the molecule is CCCCOc1ccc(CNC(=O)CCn2c(=S)[nH]c3ccccc3c2=O)cc1OC. The summed E-state index contributed by atoms with van der Waals surface area (Å²) in [5.41, 5.74) is 1.39. The molecule has 0 bridgehead atoms. The van der Waals surface area contributed by atoms with Gasteiger partial charge in [0.25, 0.3) is 5.56 Å². The fourth-order valence-corrected chi connectivity index (χ4v) is 3.46. The van der Waals surface area contributed by atoms with Crippen LogP contribution in [0.15, 0.2) is 47.3 Å². The van der Waals surface area contributed by atoms with Crippen LogP contribution < -0.4 is 20.3 Å². The summed E-state index contributed by atoms with van der Waals surface area (Å²) in [5.74, 6) is 1.16. The van der Waals surface area contributed by atoms with E-state index in [4.69, 9.17) is 21.7 Å². The van der Waals surface area contributed by atoms with Gasteiger partial charge in [-0.3, -0.25) is 14.2 Å². The first-order valence-electron chi connectivity index (χ1n) is 10.3. The molecule has 0 saturated carbocycles. The molecule has 1 heterocycles. The van der Waals surface area contributed by atoms with E-state index in [2.05, 4.69) is 17.2 Å². The zero-order chi connectivity index (χ0) is 22.2. The molecule has 0 unspecified atom stereocenters. The van der Waals surface area contributed by atoms with Crippen LogP contribution in [-0.2, 0) is 17.9 Å². The van der Waals surface area contributed by atoms with E-state index in [-0.39, 0.29) is 24.4 Å². The van der Waals surface area contributed by atoms with E-state index in [0.717, 1.165) is 18.4 Å². The highest BCUT2D eigenvalue weighted by atomic mass is 32.1. The third-order valence-electron chi connectivity index (χ3n) is 4.93. The summed E-state index contributed by atoms with van der Waals surface area (Å²) in [6, 6.07) is 12.8. The molecule has 0 aliphatic heterocycles. The second-order valence-electron chi connectivity index (χ2n) is 7.15. The van der Waals surface area contributed by atoms with Crippen LogP contribution in [0.2, 0.25) is 0 Å². The lowest BCUT2D eigenvalue weighted by Crippen LogP contribution is -2.28. The van der Waals surface area contributed by atoms with E-state index in [1.54, 1.807) is 25.3 Å². The van der Waals surface area contributed by atoms with Gasteiger partial charge in [0.1, 0.15) is 0 Å². The number of aromatic amines is 1. The maximum atomic E-state index is 12.7. The predicted molar refractivity (Wildman–Crippen MR) is 123 cm³/mol. The van der Waals surface area contributed by atoms with E-state index >= 15 is 0 Å². The third kappa shape index (κ3) is 5.73. The van der Waals surface area contributed by atoms with Gasteiger partial charge in [0, 0.05) is 19.5 Å². The number of rotatable bonds is 10. The maximum absolute atomic E-state index is 12.7. The molecule has 3 aromatic rings. The predicted octanol–water partition coefficient (Wildman–Crippen LogP) is 3.95. The molecule has 3 rings (SSSR count). The average molecular weight is 442 g/mol. The van der Waals surface area contributed by atoms with Crippen LogP contribution in [0.5, 0.6) is 11.5 Å². The Balaban J connectivity index is 1.59. The number of amides is 1. The molecular formula is C23H27N3O4S. The summed E-state index contributed by atoms with van der Waals surface area (Å²) in [4.78, 5) is 28.0. The minimum absolute atomic E-state index is 0.144. The molecule has 2 N–H and O–H groups in total. The molecule has 0 spiro atoms. The van der Waals surface area contributed by atoms with Gasteiger partial charge in [-0.15, -0.1) is 0 Å². The van der Waals surface area contributed by atoms with Gasteiger partial charge in [-0.2, -0.15) is 0 Å². The van der Waals surface area contributed by atoms with Crippen LogP contribution in [-0.4, -0.2) is 29.2 Å². The number of carbonyl (C=O) groups is 1.